The zero-order chi connectivity index (χ0) is 16.7. The lowest BCUT2D eigenvalue weighted by atomic mass is 9.97. The molecule has 0 aliphatic carbocycles. The van der Waals surface area contributed by atoms with E-state index in [2.05, 4.69) is 22.6 Å². The number of carbonyl (C=O) groups is 2. The minimum Gasteiger partial charge on any atom is -0.325 e. The van der Waals surface area contributed by atoms with Crippen molar-refractivity contribution in [1.29, 1.82) is 0 Å². The highest BCUT2D eigenvalue weighted by molar-refractivity contribution is 7.10. The number of rotatable bonds is 2. The summed E-state index contributed by atoms with van der Waals surface area (Å²) < 4.78 is 0. The van der Waals surface area contributed by atoms with E-state index in [1.807, 2.05) is 16.3 Å². The number of nitrogens with zero attached hydrogens (tertiary/aromatic N) is 3. The Morgan fingerprint density at radius 1 is 1.21 bits per heavy atom. The Kier molecular flexibility index (Phi) is 3.97. The highest BCUT2D eigenvalue weighted by atomic mass is 32.1. The highest BCUT2D eigenvalue weighted by Crippen LogP contribution is 2.39. The molecular formula is C17H17N3O2S2. The quantitative estimate of drug-likeness (QED) is 0.828. The molecule has 1 atom stereocenters. The van der Waals surface area contributed by atoms with Crippen LogP contribution in [0.1, 0.15) is 34.2 Å². The monoisotopic (exact) mass is 359 g/mol. The molecule has 7 heteroatoms. The van der Waals surface area contributed by atoms with Crippen molar-refractivity contribution >= 4 is 40.2 Å². The van der Waals surface area contributed by atoms with Gasteiger partial charge < -0.3 is 4.90 Å². The molecule has 0 saturated heterocycles. The number of thiophene rings is 2. The fourth-order valence-electron chi connectivity index (χ4n) is 3.28. The maximum Gasteiger partial charge on any atom is 0.270 e. The van der Waals surface area contributed by atoms with Gasteiger partial charge in [-0.3, -0.25) is 9.59 Å². The van der Waals surface area contributed by atoms with Crippen LogP contribution in [0.3, 0.4) is 0 Å². The van der Waals surface area contributed by atoms with Gasteiger partial charge in [0.25, 0.3) is 5.91 Å². The molecule has 2 aliphatic heterocycles. The Hall–Kier alpha value is -1.99. The maximum atomic E-state index is 13.1. The first-order valence-corrected chi connectivity index (χ1v) is 9.66. The molecule has 0 N–H and O–H groups in total. The lowest BCUT2D eigenvalue weighted by Gasteiger charge is -2.36. The van der Waals surface area contributed by atoms with Crippen molar-refractivity contribution in [3.8, 4) is 0 Å². The predicted octanol–water partition coefficient (Wildman–Crippen LogP) is 2.89. The molecule has 4 rings (SSSR count). The largest absolute Gasteiger partial charge is 0.325 e. The predicted molar refractivity (Wildman–Crippen MR) is 95.3 cm³/mol. The molecule has 4 heterocycles. The van der Waals surface area contributed by atoms with Crippen LogP contribution in [0.5, 0.6) is 0 Å². The molecule has 0 saturated carbocycles. The van der Waals surface area contributed by atoms with E-state index in [1.54, 1.807) is 29.7 Å². The van der Waals surface area contributed by atoms with Crippen LogP contribution in [0.2, 0.25) is 0 Å². The van der Waals surface area contributed by atoms with Crippen molar-refractivity contribution in [2.75, 3.05) is 13.6 Å². The van der Waals surface area contributed by atoms with Gasteiger partial charge in [0.1, 0.15) is 5.71 Å². The van der Waals surface area contributed by atoms with Gasteiger partial charge >= 0.3 is 0 Å². The Morgan fingerprint density at radius 3 is 2.83 bits per heavy atom. The Balaban J connectivity index is 1.70. The van der Waals surface area contributed by atoms with Crippen LogP contribution >= 0.6 is 22.7 Å². The van der Waals surface area contributed by atoms with Crippen molar-refractivity contribution in [1.82, 2.24) is 9.91 Å². The highest BCUT2D eigenvalue weighted by Gasteiger charge is 2.36. The van der Waals surface area contributed by atoms with Gasteiger partial charge in [-0.25, -0.2) is 5.01 Å². The number of carbonyl (C=O) groups excluding carboxylic acids is 2. The van der Waals surface area contributed by atoms with Crippen molar-refractivity contribution in [3.05, 3.63) is 44.3 Å². The number of fused-ring (bicyclic) bond motifs is 1. The summed E-state index contributed by atoms with van der Waals surface area (Å²) in [5.74, 6) is -0.0929. The smallest absolute Gasteiger partial charge is 0.270 e. The van der Waals surface area contributed by atoms with Gasteiger partial charge in [-0.1, -0.05) is 6.07 Å². The molecule has 1 unspecified atom stereocenters. The summed E-state index contributed by atoms with van der Waals surface area (Å²) in [6, 6.07) is 6.19. The van der Waals surface area contributed by atoms with Crippen LogP contribution in [0.4, 0.5) is 0 Å². The molecule has 2 aromatic rings. The van der Waals surface area contributed by atoms with Gasteiger partial charge in [-0.2, -0.15) is 5.10 Å². The molecule has 24 heavy (non-hydrogen) atoms. The SMILES string of the molecule is CN1N=C(C(=O)N2CCc3sccc3C2c2cccs2)CCC1=O. The molecule has 2 amide bonds. The molecule has 2 aromatic heterocycles. The molecule has 124 valence electrons. The summed E-state index contributed by atoms with van der Waals surface area (Å²) in [6.07, 6.45) is 1.65. The van der Waals surface area contributed by atoms with Crippen LogP contribution in [0, 0.1) is 0 Å². The second kappa shape index (κ2) is 6.14. The number of amides is 2. The van der Waals surface area contributed by atoms with Gasteiger partial charge in [0.05, 0.1) is 6.04 Å². The number of hydrogen-bond acceptors (Lipinski definition) is 5. The van der Waals surface area contributed by atoms with E-state index in [9.17, 15) is 9.59 Å². The topological polar surface area (TPSA) is 53.0 Å². The van der Waals surface area contributed by atoms with Crippen molar-refractivity contribution in [3.63, 3.8) is 0 Å². The van der Waals surface area contributed by atoms with Gasteiger partial charge in [0.2, 0.25) is 5.91 Å². The zero-order valence-electron chi connectivity index (χ0n) is 13.3. The number of hydrogen-bond donors (Lipinski definition) is 0. The standard InChI is InChI=1S/C17H17N3O2S2/c1-19-15(21)5-4-12(18-19)17(22)20-8-6-13-11(7-10-24-13)16(20)14-3-2-9-23-14/h2-3,7,9-10,16H,4-6,8H2,1H3. The average molecular weight is 359 g/mol. The van der Waals surface area contributed by atoms with Gasteiger partial charge in [-0.15, -0.1) is 22.7 Å². The summed E-state index contributed by atoms with van der Waals surface area (Å²) in [4.78, 5) is 29.2. The molecule has 0 fully saturated rings. The minimum atomic E-state index is -0.0513. The summed E-state index contributed by atoms with van der Waals surface area (Å²) in [6.45, 7) is 0.686. The average Bonchev–Trinajstić information content (AvgIpc) is 3.26. The fraction of sp³-hybridized carbons (Fsp3) is 0.353. The first kappa shape index (κ1) is 15.5. The van der Waals surface area contributed by atoms with Crippen molar-refractivity contribution < 1.29 is 9.59 Å². The minimum absolute atomic E-state index is 0.0416. The molecule has 0 bridgehead atoms. The van der Waals surface area contributed by atoms with Gasteiger partial charge in [-0.05, 0) is 34.9 Å². The Bertz CT molecular complexity index is 810. The van der Waals surface area contributed by atoms with E-state index in [-0.39, 0.29) is 17.9 Å². The van der Waals surface area contributed by atoms with Crippen LogP contribution < -0.4 is 0 Å². The first-order chi connectivity index (χ1) is 11.6. The molecule has 0 aromatic carbocycles. The van der Waals surface area contributed by atoms with E-state index in [1.165, 1.54) is 20.3 Å². The summed E-state index contributed by atoms with van der Waals surface area (Å²) in [5, 5.41) is 9.65. The lowest BCUT2D eigenvalue weighted by Crippen LogP contribution is -2.45. The molecule has 0 spiro atoms. The molecule has 5 nitrogen and oxygen atoms in total. The lowest BCUT2D eigenvalue weighted by molar-refractivity contribution is -0.131. The normalized spacial score (nSPS) is 20.8. The summed E-state index contributed by atoms with van der Waals surface area (Å²) in [7, 11) is 1.61. The molecular weight excluding hydrogens is 342 g/mol. The van der Waals surface area contributed by atoms with Crippen molar-refractivity contribution in [2.45, 2.75) is 25.3 Å². The van der Waals surface area contributed by atoms with Gasteiger partial charge in [0.15, 0.2) is 0 Å². The zero-order valence-corrected chi connectivity index (χ0v) is 14.9. The third-order valence-electron chi connectivity index (χ3n) is 4.49. The maximum absolute atomic E-state index is 13.1. The van der Waals surface area contributed by atoms with Crippen LogP contribution in [-0.4, -0.2) is 41.0 Å². The van der Waals surface area contributed by atoms with E-state index >= 15 is 0 Å². The van der Waals surface area contributed by atoms with E-state index < -0.39 is 0 Å². The summed E-state index contributed by atoms with van der Waals surface area (Å²) in [5.41, 5.74) is 1.71. The van der Waals surface area contributed by atoms with E-state index in [0.717, 1.165) is 6.42 Å². The third kappa shape index (κ3) is 2.57. The second-order valence-corrected chi connectivity index (χ2v) is 7.91. The van der Waals surface area contributed by atoms with Crippen LogP contribution in [0.15, 0.2) is 34.1 Å². The van der Waals surface area contributed by atoms with Gasteiger partial charge in [0, 0.05) is 36.2 Å². The van der Waals surface area contributed by atoms with E-state index in [4.69, 9.17) is 0 Å². The Labute approximate surface area is 148 Å². The Morgan fingerprint density at radius 2 is 2.08 bits per heavy atom. The van der Waals surface area contributed by atoms with Crippen LogP contribution in [-0.2, 0) is 16.0 Å². The first-order valence-electron chi connectivity index (χ1n) is 7.90. The van der Waals surface area contributed by atoms with E-state index in [0.29, 0.717) is 25.1 Å². The van der Waals surface area contributed by atoms with Crippen LogP contribution in [0.25, 0.3) is 0 Å². The summed E-state index contributed by atoms with van der Waals surface area (Å²) >= 11 is 3.43. The molecule has 0 radical (unpaired) electrons. The van der Waals surface area contributed by atoms with Crippen molar-refractivity contribution in [2.24, 2.45) is 5.10 Å². The molecule has 2 aliphatic rings. The fourth-order valence-corrected chi connectivity index (χ4v) is 5.04. The number of hydrazone groups is 1. The second-order valence-electron chi connectivity index (χ2n) is 5.93. The third-order valence-corrected chi connectivity index (χ3v) is 6.41.